The minimum atomic E-state index is 0.681. The Bertz CT molecular complexity index is 228. The Hall–Kier alpha value is -0.110. The van der Waals surface area contributed by atoms with Crippen molar-refractivity contribution in [2.75, 3.05) is 6.61 Å². The van der Waals surface area contributed by atoms with Gasteiger partial charge in [0.1, 0.15) is 0 Å². The second-order valence-electron chi connectivity index (χ2n) is 6.64. The van der Waals surface area contributed by atoms with Gasteiger partial charge in [-0.15, -0.1) is 0 Å². The Morgan fingerprint density at radius 3 is 1.23 bits per heavy atom. The van der Waals surface area contributed by atoms with Crippen LogP contribution in [-0.4, -0.2) is 11.7 Å². The van der Waals surface area contributed by atoms with E-state index in [9.17, 15) is 0 Å². The Morgan fingerprint density at radius 1 is 0.591 bits per heavy atom. The van der Waals surface area contributed by atoms with E-state index in [2.05, 4.69) is 6.92 Å². The maximum Gasteiger partial charge on any atom is 0.156 e. The van der Waals surface area contributed by atoms with Crippen molar-refractivity contribution in [2.45, 2.75) is 117 Å². The molecule has 0 fully saturated rings. The van der Waals surface area contributed by atoms with Gasteiger partial charge in [-0.2, -0.15) is 0 Å². The zero-order valence-electron chi connectivity index (χ0n) is 15.3. The smallest absolute Gasteiger partial charge is 0.156 e. The van der Waals surface area contributed by atoms with Crippen LogP contribution in [0.5, 0.6) is 0 Å². The Kier molecular flexibility index (Phi) is 18.8. The van der Waals surface area contributed by atoms with Gasteiger partial charge in [0.15, 0.2) is 5.05 Å². The quantitative estimate of drug-likeness (QED) is 0.201. The second kappa shape index (κ2) is 18.9. The molecule has 0 saturated heterocycles. The van der Waals surface area contributed by atoms with Gasteiger partial charge in [-0.3, -0.25) is 0 Å². The lowest BCUT2D eigenvalue weighted by atomic mass is 10.0. The topological polar surface area (TPSA) is 9.23 Å². The van der Waals surface area contributed by atoms with Crippen LogP contribution in [0, 0.1) is 0 Å². The van der Waals surface area contributed by atoms with Crippen molar-refractivity contribution < 1.29 is 4.74 Å². The molecule has 0 amide bonds. The van der Waals surface area contributed by atoms with E-state index in [-0.39, 0.29) is 0 Å². The van der Waals surface area contributed by atoms with E-state index in [0.717, 1.165) is 13.0 Å². The van der Waals surface area contributed by atoms with Crippen molar-refractivity contribution >= 4 is 17.3 Å². The maximum atomic E-state index is 5.29. The van der Waals surface area contributed by atoms with E-state index in [1.54, 1.807) is 0 Å². The molecule has 0 atom stereocenters. The van der Waals surface area contributed by atoms with Gasteiger partial charge < -0.3 is 4.74 Å². The summed E-state index contributed by atoms with van der Waals surface area (Å²) in [6.45, 7) is 4.95. The van der Waals surface area contributed by atoms with Gasteiger partial charge in [-0.25, -0.2) is 0 Å². The summed E-state index contributed by atoms with van der Waals surface area (Å²) in [5.74, 6) is 0. The molecule has 0 heterocycles. The lowest BCUT2D eigenvalue weighted by Gasteiger charge is -2.04. The molecule has 0 aromatic carbocycles. The first-order valence-corrected chi connectivity index (χ1v) is 10.3. The fourth-order valence-electron chi connectivity index (χ4n) is 2.87. The number of hydrogen-bond acceptors (Lipinski definition) is 2. The molecule has 22 heavy (non-hydrogen) atoms. The van der Waals surface area contributed by atoms with Crippen molar-refractivity contribution in [1.29, 1.82) is 0 Å². The van der Waals surface area contributed by atoms with Gasteiger partial charge in [-0.1, -0.05) is 103 Å². The third kappa shape index (κ3) is 19.9. The van der Waals surface area contributed by atoms with Gasteiger partial charge in [0.25, 0.3) is 0 Å². The van der Waals surface area contributed by atoms with E-state index in [0.29, 0.717) is 5.05 Å². The normalized spacial score (nSPS) is 10.8. The van der Waals surface area contributed by atoms with Gasteiger partial charge in [0.05, 0.1) is 6.61 Å². The van der Waals surface area contributed by atoms with Crippen molar-refractivity contribution in [3.63, 3.8) is 0 Å². The summed E-state index contributed by atoms with van der Waals surface area (Å²) in [7, 11) is 0. The first-order valence-electron chi connectivity index (χ1n) is 9.90. The van der Waals surface area contributed by atoms with Crippen LogP contribution in [0.3, 0.4) is 0 Å². The van der Waals surface area contributed by atoms with Gasteiger partial charge in [-0.05, 0) is 18.6 Å². The Labute approximate surface area is 145 Å². The third-order valence-electron chi connectivity index (χ3n) is 4.30. The Balaban J connectivity index is 2.95. The standard InChI is InChI=1S/C20H40OS/c1-3-4-5-6-7-8-9-10-11-12-13-14-15-16-17-18-19-21-20(2)22/h3-19H2,1-2H3. The molecule has 1 nitrogen and oxygen atoms in total. The van der Waals surface area contributed by atoms with Crippen LogP contribution in [0.1, 0.15) is 117 Å². The minimum Gasteiger partial charge on any atom is -0.487 e. The fraction of sp³-hybridized carbons (Fsp3) is 0.950. The molecule has 0 aliphatic rings. The monoisotopic (exact) mass is 328 g/mol. The molecule has 0 aromatic rings. The summed E-state index contributed by atoms with van der Waals surface area (Å²) >= 11 is 4.88. The summed E-state index contributed by atoms with van der Waals surface area (Å²) in [5.41, 5.74) is 0. The molecule has 0 N–H and O–H groups in total. The molecule has 0 spiro atoms. The van der Waals surface area contributed by atoms with Crippen LogP contribution in [0.25, 0.3) is 0 Å². The molecule has 0 aliphatic heterocycles. The van der Waals surface area contributed by atoms with E-state index >= 15 is 0 Å². The van der Waals surface area contributed by atoms with Crippen LogP contribution >= 0.6 is 12.2 Å². The molecule has 0 aliphatic carbocycles. The van der Waals surface area contributed by atoms with Gasteiger partial charge >= 0.3 is 0 Å². The highest BCUT2D eigenvalue weighted by atomic mass is 32.1. The first kappa shape index (κ1) is 21.9. The first-order chi connectivity index (χ1) is 10.8. The fourth-order valence-corrected chi connectivity index (χ4v) is 2.95. The molecular formula is C20H40OS. The highest BCUT2D eigenvalue weighted by molar-refractivity contribution is 7.80. The van der Waals surface area contributed by atoms with E-state index in [4.69, 9.17) is 17.0 Å². The molecule has 0 rings (SSSR count). The van der Waals surface area contributed by atoms with Crippen LogP contribution < -0.4 is 0 Å². The van der Waals surface area contributed by atoms with Crippen LogP contribution in [0.15, 0.2) is 0 Å². The lowest BCUT2D eigenvalue weighted by molar-refractivity contribution is 0.297. The van der Waals surface area contributed by atoms with Crippen molar-refractivity contribution in [3.05, 3.63) is 0 Å². The van der Waals surface area contributed by atoms with E-state index in [1.165, 1.54) is 96.3 Å². The molecule has 0 unspecified atom stereocenters. The highest BCUT2D eigenvalue weighted by Crippen LogP contribution is 2.13. The van der Waals surface area contributed by atoms with Crippen molar-refractivity contribution in [1.82, 2.24) is 0 Å². The Morgan fingerprint density at radius 2 is 0.909 bits per heavy atom. The number of thiocarbonyl (C=S) groups is 1. The summed E-state index contributed by atoms with van der Waals surface area (Å²) in [6.07, 6.45) is 22.5. The maximum absolute atomic E-state index is 5.29. The second-order valence-corrected chi connectivity index (χ2v) is 7.22. The van der Waals surface area contributed by atoms with Crippen LogP contribution in [-0.2, 0) is 4.74 Å². The number of unbranched alkanes of at least 4 members (excludes halogenated alkanes) is 15. The minimum absolute atomic E-state index is 0.681. The number of rotatable bonds is 17. The average Bonchev–Trinajstić information content (AvgIpc) is 2.50. The predicted molar refractivity (Wildman–Crippen MR) is 104 cm³/mol. The third-order valence-corrected chi connectivity index (χ3v) is 4.42. The van der Waals surface area contributed by atoms with Gasteiger partial charge in [0.2, 0.25) is 0 Å². The summed E-state index contributed by atoms with van der Waals surface area (Å²) in [4.78, 5) is 0. The molecule has 0 saturated carbocycles. The number of hydrogen-bond donors (Lipinski definition) is 0. The largest absolute Gasteiger partial charge is 0.487 e. The molecule has 0 aromatic heterocycles. The van der Waals surface area contributed by atoms with Crippen LogP contribution in [0.2, 0.25) is 0 Å². The highest BCUT2D eigenvalue weighted by Gasteiger charge is 1.95. The number of ether oxygens (including phenoxy) is 1. The van der Waals surface area contributed by atoms with Crippen LogP contribution in [0.4, 0.5) is 0 Å². The average molecular weight is 329 g/mol. The molecule has 0 bridgehead atoms. The summed E-state index contributed by atoms with van der Waals surface area (Å²) in [5, 5.41) is 0.681. The van der Waals surface area contributed by atoms with Crippen molar-refractivity contribution in [2.24, 2.45) is 0 Å². The summed E-state index contributed by atoms with van der Waals surface area (Å²) in [6, 6.07) is 0. The van der Waals surface area contributed by atoms with E-state index < -0.39 is 0 Å². The molecule has 0 radical (unpaired) electrons. The molecule has 2 heteroatoms. The molecule has 132 valence electrons. The summed E-state index contributed by atoms with van der Waals surface area (Å²) < 4.78 is 5.29. The van der Waals surface area contributed by atoms with E-state index in [1.807, 2.05) is 6.92 Å². The molecular weight excluding hydrogens is 288 g/mol. The van der Waals surface area contributed by atoms with Crippen molar-refractivity contribution in [3.8, 4) is 0 Å². The predicted octanol–water partition coefficient (Wildman–Crippen LogP) is 7.61. The lowest BCUT2D eigenvalue weighted by Crippen LogP contribution is -1.97. The zero-order valence-corrected chi connectivity index (χ0v) is 16.2. The van der Waals surface area contributed by atoms with Gasteiger partial charge in [0, 0.05) is 6.92 Å². The zero-order chi connectivity index (χ0) is 16.3. The SMILES string of the molecule is CCCCCCCCCCCCCCCCCCOC(C)=S.